The van der Waals surface area contributed by atoms with Crippen LogP contribution in [0.25, 0.3) is 0 Å². The summed E-state index contributed by atoms with van der Waals surface area (Å²) >= 11 is 0. The van der Waals surface area contributed by atoms with Crippen molar-refractivity contribution in [2.24, 2.45) is 5.92 Å². The summed E-state index contributed by atoms with van der Waals surface area (Å²) in [4.78, 5) is 32.1. The van der Waals surface area contributed by atoms with Gasteiger partial charge < -0.3 is 14.7 Å². The standard InChI is InChI=1S/C20H28N6O/c1-16(2)15-24(3)18-7-6-17(14-23-18)19(27)25-10-5-11-26(13-12-25)20-21-8-4-9-22-20/h4,6-9,14,16H,5,10-13,15H2,1-3H3. The predicted octanol–water partition coefficient (Wildman–Crippen LogP) is 2.32. The summed E-state index contributed by atoms with van der Waals surface area (Å²) in [5.74, 6) is 2.22. The van der Waals surface area contributed by atoms with E-state index in [0.717, 1.165) is 44.4 Å². The molecule has 0 spiro atoms. The van der Waals surface area contributed by atoms with Crippen LogP contribution in [0, 0.1) is 5.92 Å². The van der Waals surface area contributed by atoms with Crippen molar-refractivity contribution >= 4 is 17.7 Å². The van der Waals surface area contributed by atoms with Crippen LogP contribution in [-0.4, -0.2) is 65.5 Å². The average molecular weight is 368 g/mol. The molecule has 0 N–H and O–H groups in total. The van der Waals surface area contributed by atoms with Gasteiger partial charge in [0.2, 0.25) is 5.95 Å². The van der Waals surface area contributed by atoms with Crippen molar-refractivity contribution in [3.63, 3.8) is 0 Å². The second-order valence-electron chi connectivity index (χ2n) is 7.36. The fraction of sp³-hybridized carbons (Fsp3) is 0.500. The number of hydrogen-bond acceptors (Lipinski definition) is 6. The Morgan fingerprint density at radius 3 is 2.56 bits per heavy atom. The van der Waals surface area contributed by atoms with Crippen molar-refractivity contribution < 1.29 is 4.79 Å². The van der Waals surface area contributed by atoms with Gasteiger partial charge in [-0.05, 0) is 30.5 Å². The second kappa shape index (κ2) is 8.79. The van der Waals surface area contributed by atoms with E-state index in [-0.39, 0.29) is 5.91 Å². The third-order valence-corrected chi connectivity index (χ3v) is 4.64. The van der Waals surface area contributed by atoms with Gasteiger partial charge >= 0.3 is 0 Å². The molecule has 7 nitrogen and oxygen atoms in total. The molecule has 0 unspecified atom stereocenters. The molecule has 1 aliphatic heterocycles. The van der Waals surface area contributed by atoms with Gasteiger partial charge in [0.05, 0.1) is 5.56 Å². The summed E-state index contributed by atoms with van der Waals surface area (Å²) in [5.41, 5.74) is 0.640. The first kappa shape index (κ1) is 19.1. The molecule has 27 heavy (non-hydrogen) atoms. The van der Waals surface area contributed by atoms with Gasteiger partial charge in [-0.25, -0.2) is 15.0 Å². The first-order valence-corrected chi connectivity index (χ1v) is 9.53. The second-order valence-corrected chi connectivity index (χ2v) is 7.36. The minimum atomic E-state index is 0.0383. The van der Waals surface area contributed by atoms with Crippen LogP contribution in [0.4, 0.5) is 11.8 Å². The third kappa shape index (κ3) is 4.93. The first-order chi connectivity index (χ1) is 13.0. The fourth-order valence-corrected chi connectivity index (χ4v) is 3.34. The molecular formula is C20H28N6O. The highest BCUT2D eigenvalue weighted by atomic mass is 16.2. The van der Waals surface area contributed by atoms with Gasteiger partial charge in [-0.2, -0.15) is 0 Å². The molecule has 3 rings (SSSR count). The molecule has 7 heteroatoms. The van der Waals surface area contributed by atoms with Crippen molar-refractivity contribution in [2.45, 2.75) is 20.3 Å². The summed E-state index contributed by atoms with van der Waals surface area (Å²) in [6.07, 6.45) is 6.09. The molecule has 0 bridgehead atoms. The van der Waals surface area contributed by atoms with E-state index < -0.39 is 0 Å². The monoisotopic (exact) mass is 368 g/mol. The fourth-order valence-electron chi connectivity index (χ4n) is 3.34. The Hall–Kier alpha value is -2.70. The number of carbonyl (C=O) groups is 1. The van der Waals surface area contributed by atoms with Crippen LogP contribution in [0.1, 0.15) is 30.6 Å². The number of hydrogen-bond donors (Lipinski definition) is 0. The van der Waals surface area contributed by atoms with Gasteiger partial charge in [0.25, 0.3) is 5.91 Å². The van der Waals surface area contributed by atoms with Crippen LogP contribution in [0.2, 0.25) is 0 Å². The molecule has 0 radical (unpaired) electrons. The van der Waals surface area contributed by atoms with Gasteiger partial charge in [-0.3, -0.25) is 4.79 Å². The minimum absolute atomic E-state index is 0.0383. The highest BCUT2D eigenvalue weighted by Crippen LogP contribution is 2.15. The van der Waals surface area contributed by atoms with Gasteiger partial charge in [0, 0.05) is 58.4 Å². The van der Waals surface area contributed by atoms with Crippen molar-refractivity contribution in [2.75, 3.05) is 49.6 Å². The van der Waals surface area contributed by atoms with Gasteiger partial charge in [0.15, 0.2) is 0 Å². The number of amides is 1. The zero-order valence-electron chi connectivity index (χ0n) is 16.4. The van der Waals surface area contributed by atoms with E-state index in [9.17, 15) is 4.79 Å². The summed E-state index contributed by atoms with van der Waals surface area (Å²) in [6, 6.07) is 5.62. The van der Waals surface area contributed by atoms with E-state index in [2.05, 4.69) is 38.6 Å². The van der Waals surface area contributed by atoms with Crippen LogP contribution in [-0.2, 0) is 0 Å². The molecule has 0 aromatic carbocycles. The number of pyridine rings is 1. The van der Waals surface area contributed by atoms with E-state index in [4.69, 9.17) is 0 Å². The van der Waals surface area contributed by atoms with Gasteiger partial charge in [0.1, 0.15) is 5.82 Å². The van der Waals surface area contributed by atoms with Crippen molar-refractivity contribution in [3.8, 4) is 0 Å². The molecule has 144 valence electrons. The lowest BCUT2D eigenvalue weighted by Crippen LogP contribution is -2.35. The number of anilines is 2. The summed E-state index contributed by atoms with van der Waals surface area (Å²) < 4.78 is 0. The van der Waals surface area contributed by atoms with Crippen LogP contribution < -0.4 is 9.80 Å². The number of rotatable bonds is 5. The number of carbonyl (C=O) groups excluding carboxylic acids is 1. The zero-order valence-corrected chi connectivity index (χ0v) is 16.4. The normalized spacial score (nSPS) is 15.0. The maximum atomic E-state index is 12.9. The highest BCUT2D eigenvalue weighted by molar-refractivity contribution is 5.94. The van der Waals surface area contributed by atoms with Gasteiger partial charge in [-0.15, -0.1) is 0 Å². The van der Waals surface area contributed by atoms with E-state index >= 15 is 0 Å². The molecule has 2 aromatic heterocycles. The molecule has 1 fully saturated rings. The number of aromatic nitrogens is 3. The van der Waals surface area contributed by atoms with Crippen LogP contribution in [0.3, 0.4) is 0 Å². The molecular weight excluding hydrogens is 340 g/mol. The van der Waals surface area contributed by atoms with Crippen molar-refractivity contribution in [1.82, 2.24) is 19.9 Å². The van der Waals surface area contributed by atoms with E-state index in [1.54, 1.807) is 18.6 Å². The molecule has 1 aliphatic rings. The first-order valence-electron chi connectivity index (χ1n) is 9.53. The maximum Gasteiger partial charge on any atom is 0.255 e. The van der Waals surface area contributed by atoms with Crippen LogP contribution in [0.5, 0.6) is 0 Å². The molecule has 0 aliphatic carbocycles. The van der Waals surface area contributed by atoms with E-state index in [1.165, 1.54) is 0 Å². The molecule has 0 atom stereocenters. The molecule has 3 heterocycles. The maximum absolute atomic E-state index is 12.9. The Bertz CT molecular complexity index is 734. The molecule has 1 amide bonds. The summed E-state index contributed by atoms with van der Waals surface area (Å²) in [7, 11) is 2.03. The van der Waals surface area contributed by atoms with E-state index in [1.807, 2.05) is 30.1 Å². The lowest BCUT2D eigenvalue weighted by Gasteiger charge is -2.23. The quantitative estimate of drug-likeness (QED) is 0.807. The number of nitrogens with zero attached hydrogens (tertiary/aromatic N) is 6. The topological polar surface area (TPSA) is 65.5 Å². The Balaban J connectivity index is 1.62. The van der Waals surface area contributed by atoms with E-state index in [0.29, 0.717) is 18.0 Å². The van der Waals surface area contributed by atoms with Crippen molar-refractivity contribution in [1.29, 1.82) is 0 Å². The summed E-state index contributed by atoms with van der Waals surface area (Å²) in [6.45, 7) is 8.27. The smallest absolute Gasteiger partial charge is 0.255 e. The van der Waals surface area contributed by atoms with Gasteiger partial charge in [-0.1, -0.05) is 13.8 Å². The van der Waals surface area contributed by atoms with Crippen LogP contribution in [0.15, 0.2) is 36.8 Å². The Labute approximate surface area is 161 Å². The largest absolute Gasteiger partial charge is 0.359 e. The summed E-state index contributed by atoms with van der Waals surface area (Å²) in [5, 5.41) is 0. The minimum Gasteiger partial charge on any atom is -0.359 e. The van der Waals surface area contributed by atoms with Crippen molar-refractivity contribution in [3.05, 3.63) is 42.4 Å². The average Bonchev–Trinajstić information content (AvgIpc) is 2.94. The zero-order chi connectivity index (χ0) is 19.2. The molecule has 1 saturated heterocycles. The Kier molecular flexibility index (Phi) is 6.21. The lowest BCUT2D eigenvalue weighted by atomic mass is 10.2. The third-order valence-electron chi connectivity index (χ3n) is 4.64. The lowest BCUT2D eigenvalue weighted by molar-refractivity contribution is 0.0766. The Morgan fingerprint density at radius 1 is 1.11 bits per heavy atom. The molecule has 2 aromatic rings. The van der Waals surface area contributed by atoms with Crippen LogP contribution >= 0.6 is 0 Å². The predicted molar refractivity (Wildman–Crippen MR) is 107 cm³/mol. The highest BCUT2D eigenvalue weighted by Gasteiger charge is 2.21. The SMILES string of the molecule is CC(C)CN(C)c1ccc(C(=O)N2CCCN(c3ncccn3)CC2)cn1. The Morgan fingerprint density at radius 2 is 1.89 bits per heavy atom. The molecule has 0 saturated carbocycles.